The van der Waals surface area contributed by atoms with E-state index in [1.807, 2.05) is 50.8 Å². The van der Waals surface area contributed by atoms with Crippen LogP contribution in [0.3, 0.4) is 0 Å². The Kier molecular flexibility index (Phi) is 15.5. The van der Waals surface area contributed by atoms with Gasteiger partial charge in [-0.15, -0.1) is 0 Å². The molecule has 70 valence electrons. The van der Waals surface area contributed by atoms with Crippen molar-refractivity contribution in [3.8, 4) is 0 Å². The lowest BCUT2D eigenvalue weighted by Crippen LogP contribution is -1.79. The molecule has 0 saturated heterocycles. The molecule has 0 nitrogen and oxygen atoms in total. The second-order valence-corrected chi connectivity index (χ2v) is 2.78. The number of hydrogen-bond acceptors (Lipinski definition) is 1. The highest BCUT2D eigenvalue weighted by Crippen LogP contribution is 2.05. The van der Waals surface area contributed by atoms with Crippen molar-refractivity contribution in [3.05, 3.63) is 36.5 Å². The third-order valence-electron chi connectivity index (χ3n) is 1.02. The summed E-state index contributed by atoms with van der Waals surface area (Å²) in [6, 6.07) is 0. The maximum atomic E-state index is 3.65. The van der Waals surface area contributed by atoms with Crippen LogP contribution in [0.25, 0.3) is 0 Å². The van der Waals surface area contributed by atoms with Crippen molar-refractivity contribution in [1.82, 2.24) is 0 Å². The molecular weight excluding hydrogens is 164 g/mol. The molecule has 0 bridgehead atoms. The molecule has 0 aliphatic heterocycles. The third kappa shape index (κ3) is 9.57. The largest absolute Gasteiger partial charge is 0.161 e. The highest BCUT2D eigenvalue weighted by atomic mass is 32.2. The van der Waals surface area contributed by atoms with Gasteiger partial charge in [0, 0.05) is 5.75 Å². The smallest absolute Gasteiger partial charge is 0.0181 e. The summed E-state index contributed by atoms with van der Waals surface area (Å²) in [4.78, 5) is 0. The number of allylic oxidation sites excluding steroid dienone is 4. The predicted molar refractivity (Wildman–Crippen MR) is 62.8 cm³/mol. The summed E-state index contributed by atoms with van der Waals surface area (Å²) >= 11 is 1.82. The molecular formula is C11H20S. The Balaban J connectivity index is 0. The Hall–Kier alpha value is -0.430. The quantitative estimate of drug-likeness (QED) is 0.594. The van der Waals surface area contributed by atoms with Crippen molar-refractivity contribution in [3.63, 3.8) is 0 Å². The van der Waals surface area contributed by atoms with Gasteiger partial charge in [0.2, 0.25) is 0 Å². The second-order valence-electron chi connectivity index (χ2n) is 1.91. The fourth-order valence-corrected chi connectivity index (χ4v) is 1.21. The van der Waals surface area contributed by atoms with Gasteiger partial charge in [-0.2, -0.15) is 11.8 Å². The molecule has 1 heteroatoms. The van der Waals surface area contributed by atoms with Crippen molar-refractivity contribution < 1.29 is 0 Å². The van der Waals surface area contributed by atoms with Gasteiger partial charge in [-0.05, 0) is 18.8 Å². The van der Waals surface area contributed by atoms with Crippen LogP contribution >= 0.6 is 11.8 Å². The second kappa shape index (κ2) is 13.2. The summed E-state index contributed by atoms with van der Waals surface area (Å²) in [5.74, 6) is 1.07. The minimum atomic E-state index is 1.07. The molecule has 0 amide bonds. The van der Waals surface area contributed by atoms with Crippen LogP contribution in [0, 0.1) is 0 Å². The van der Waals surface area contributed by atoms with Crippen molar-refractivity contribution in [2.45, 2.75) is 20.8 Å². The molecule has 0 aromatic rings. The number of rotatable bonds is 4. The van der Waals surface area contributed by atoms with Gasteiger partial charge in [-0.1, -0.05) is 44.7 Å². The maximum Gasteiger partial charge on any atom is 0.0181 e. The fraction of sp³-hybridized carbons (Fsp3) is 0.455. The first-order valence-electron chi connectivity index (χ1n) is 4.28. The van der Waals surface area contributed by atoms with Crippen LogP contribution in [0.4, 0.5) is 0 Å². The Morgan fingerprint density at radius 1 is 1.42 bits per heavy atom. The zero-order valence-corrected chi connectivity index (χ0v) is 9.45. The molecule has 0 rings (SSSR count). The van der Waals surface area contributed by atoms with E-state index in [4.69, 9.17) is 0 Å². The zero-order chi connectivity index (χ0) is 9.82. The Bertz CT molecular complexity index is 143. The molecule has 0 heterocycles. The average Bonchev–Trinajstić information content (AvgIpc) is 2.10. The van der Waals surface area contributed by atoms with Crippen LogP contribution in [0.1, 0.15) is 20.8 Å². The standard InChI is InChI=1S/C9H14S.C2H6/c1-4-6-9(7-5-2)8-10-3;1-2/h4-7H,1,8H2,2-3H3;1-2H3/b7-5-,9-6+;. The molecule has 0 radical (unpaired) electrons. The summed E-state index contributed by atoms with van der Waals surface area (Å²) in [6.07, 6.45) is 10.1. The molecule has 0 spiro atoms. The number of hydrogen-bond donors (Lipinski definition) is 0. The summed E-state index contributed by atoms with van der Waals surface area (Å²) in [5.41, 5.74) is 1.32. The lowest BCUT2D eigenvalue weighted by atomic mass is 10.2. The van der Waals surface area contributed by atoms with Crippen LogP contribution < -0.4 is 0 Å². The Labute approximate surface area is 81.4 Å². The lowest BCUT2D eigenvalue weighted by Gasteiger charge is -1.95. The highest BCUT2D eigenvalue weighted by molar-refractivity contribution is 7.98. The van der Waals surface area contributed by atoms with E-state index < -0.39 is 0 Å². The molecule has 0 fully saturated rings. The van der Waals surface area contributed by atoms with E-state index in [9.17, 15) is 0 Å². The van der Waals surface area contributed by atoms with Gasteiger partial charge in [-0.25, -0.2) is 0 Å². The van der Waals surface area contributed by atoms with E-state index in [1.165, 1.54) is 5.57 Å². The lowest BCUT2D eigenvalue weighted by molar-refractivity contribution is 1.50. The topological polar surface area (TPSA) is 0 Å². The first-order valence-corrected chi connectivity index (χ1v) is 5.67. The van der Waals surface area contributed by atoms with Gasteiger partial charge in [0.25, 0.3) is 0 Å². The molecule has 12 heavy (non-hydrogen) atoms. The highest BCUT2D eigenvalue weighted by Gasteiger charge is 1.86. The van der Waals surface area contributed by atoms with Crippen LogP contribution in [0.15, 0.2) is 36.5 Å². The summed E-state index contributed by atoms with van der Waals surface area (Å²) < 4.78 is 0. The minimum absolute atomic E-state index is 1.07. The van der Waals surface area contributed by atoms with E-state index >= 15 is 0 Å². The SMILES string of the molecule is C=C/C=C(\C=C/C)CSC.CC. The first-order chi connectivity index (χ1) is 5.85. The molecule has 0 aromatic heterocycles. The average molecular weight is 184 g/mol. The zero-order valence-electron chi connectivity index (χ0n) is 8.63. The maximum absolute atomic E-state index is 3.65. The third-order valence-corrected chi connectivity index (χ3v) is 1.65. The van der Waals surface area contributed by atoms with Crippen molar-refractivity contribution in [2.24, 2.45) is 0 Å². The summed E-state index contributed by atoms with van der Waals surface area (Å²) in [6.45, 7) is 9.67. The van der Waals surface area contributed by atoms with Gasteiger partial charge in [0.1, 0.15) is 0 Å². The van der Waals surface area contributed by atoms with Crippen LogP contribution in [-0.4, -0.2) is 12.0 Å². The molecule has 0 aromatic carbocycles. The van der Waals surface area contributed by atoms with Gasteiger partial charge in [0.05, 0.1) is 0 Å². The van der Waals surface area contributed by atoms with E-state index in [1.54, 1.807) is 0 Å². The Morgan fingerprint density at radius 2 is 2.00 bits per heavy atom. The normalized spacial score (nSPS) is 10.8. The monoisotopic (exact) mass is 184 g/mol. The summed E-state index contributed by atoms with van der Waals surface area (Å²) in [7, 11) is 0. The van der Waals surface area contributed by atoms with E-state index in [-0.39, 0.29) is 0 Å². The van der Waals surface area contributed by atoms with Crippen molar-refractivity contribution in [2.75, 3.05) is 12.0 Å². The van der Waals surface area contributed by atoms with Crippen molar-refractivity contribution >= 4 is 11.8 Å². The minimum Gasteiger partial charge on any atom is -0.161 e. The van der Waals surface area contributed by atoms with Crippen molar-refractivity contribution in [1.29, 1.82) is 0 Å². The van der Waals surface area contributed by atoms with Gasteiger partial charge < -0.3 is 0 Å². The van der Waals surface area contributed by atoms with E-state index in [0.29, 0.717) is 0 Å². The van der Waals surface area contributed by atoms with Gasteiger partial charge >= 0.3 is 0 Å². The molecule has 0 saturated carbocycles. The van der Waals surface area contributed by atoms with Crippen LogP contribution in [0.2, 0.25) is 0 Å². The van der Waals surface area contributed by atoms with Crippen LogP contribution in [-0.2, 0) is 0 Å². The van der Waals surface area contributed by atoms with Gasteiger partial charge in [0.15, 0.2) is 0 Å². The Morgan fingerprint density at radius 3 is 2.33 bits per heavy atom. The molecule has 0 aliphatic carbocycles. The molecule has 0 N–H and O–H groups in total. The predicted octanol–water partition coefficient (Wildman–Crippen LogP) is 4.06. The van der Waals surface area contributed by atoms with Gasteiger partial charge in [-0.3, -0.25) is 0 Å². The summed E-state index contributed by atoms with van der Waals surface area (Å²) in [5, 5.41) is 0. The number of thioether (sulfide) groups is 1. The van der Waals surface area contributed by atoms with E-state index in [0.717, 1.165) is 5.75 Å². The van der Waals surface area contributed by atoms with E-state index in [2.05, 4.69) is 18.9 Å². The van der Waals surface area contributed by atoms with Crippen LogP contribution in [0.5, 0.6) is 0 Å². The molecule has 0 unspecified atom stereocenters. The first kappa shape index (κ1) is 14.1. The fourth-order valence-electron chi connectivity index (χ4n) is 0.684. The molecule has 0 aliphatic rings. The molecule has 0 atom stereocenters.